The first-order valence-corrected chi connectivity index (χ1v) is 50.5. The van der Waals surface area contributed by atoms with Crippen molar-refractivity contribution in [3.05, 3.63) is 372 Å². The highest BCUT2D eigenvalue weighted by Gasteiger charge is 2.43. The van der Waals surface area contributed by atoms with Crippen molar-refractivity contribution in [2.45, 2.75) is 94.4 Å². The number of hydrogen-bond acceptors (Lipinski definition) is 9. The van der Waals surface area contributed by atoms with Crippen molar-refractivity contribution >= 4 is 276 Å². The van der Waals surface area contributed by atoms with Gasteiger partial charge in [0.2, 0.25) is 5.91 Å². The highest BCUT2D eigenvalue weighted by molar-refractivity contribution is 9.11. The largest absolute Gasteiger partial charge is 0.360 e. The van der Waals surface area contributed by atoms with Crippen molar-refractivity contribution in [1.29, 1.82) is 0 Å². The van der Waals surface area contributed by atoms with Gasteiger partial charge in [0.05, 0.1) is 63.2 Å². The van der Waals surface area contributed by atoms with Crippen LogP contribution in [0.15, 0.2) is 336 Å². The van der Waals surface area contributed by atoms with Crippen LogP contribution in [0.1, 0.15) is 91.8 Å². The molecule has 19 heteroatoms. The Morgan fingerprint density at radius 3 is 1.55 bits per heavy atom. The number of carbonyl (C=O) groups excluding carboxylic acids is 2. The Bertz CT molecular complexity index is 8500. The first-order valence-electron chi connectivity index (χ1n) is 45.5. The van der Waals surface area contributed by atoms with Crippen LogP contribution in [0.3, 0.4) is 0 Å². The first kappa shape index (κ1) is 85.1. The predicted octanol–water partition coefficient (Wildman–Crippen LogP) is 30.7. The maximum atomic E-state index is 13.6. The fourth-order valence-electron chi connectivity index (χ4n) is 21.1. The van der Waals surface area contributed by atoms with Crippen LogP contribution in [0.25, 0.3) is 119 Å². The predicted molar refractivity (Wildman–Crippen MR) is 580 cm³/mol. The lowest BCUT2D eigenvalue weighted by Crippen LogP contribution is -2.36. The number of aryl methyl sites for hydroxylation is 3. The standard InChI is InChI=1S/C34H29BrN4O2S.C31H21BrN4S.C27H21BrN2.C23H17NS/c35-19-13-14-29-24(15-19)26(17-39(29)31(40)12-6-5-11-30-33-28(18-42-30)37-34(41)38-33)27-16-25-22-9-2-1-7-20(22)21-8-3-4-10-23(21)32(25)36-27;32-18-10-13-28-25(14-18)27(17-33-28)29-16-26-24-15-20(35-31(37)34-19-6-2-1-3-7-19)11-12-22(24)21-8-4-5-9-23(21)30(26)36-29;1-14-4-7-18-20(10-14)21-11-15(2)5-8-19(21)27-22(18)13-25(30-27)26-16(3)29-24-9-6-17(28)12-23(24)26;1-25-16-12-10-15(11-13-16)22-14-21-19-8-3-2-6-17(19)18-7-4-5-9-20(18)23(21)24-22/h1-4,7-10,13-15,17,28,30,33H,5-6,11-12,16,18H2,(H2,37,38,41);1-15,17,33H,16H2,(H2,34,35,37);4-12,29H,13H2,1-3H3;2-13H,14H2,1H3. The van der Waals surface area contributed by atoms with E-state index in [9.17, 15) is 9.59 Å². The van der Waals surface area contributed by atoms with Crippen LogP contribution in [-0.2, 0) is 25.7 Å². The number of thiocarbonyl (C=S) groups is 1. The zero-order chi connectivity index (χ0) is 90.7. The van der Waals surface area contributed by atoms with Gasteiger partial charge in [-0.15, -0.1) is 11.8 Å². The highest BCUT2D eigenvalue weighted by atomic mass is 79.9. The van der Waals surface area contributed by atoms with Crippen molar-refractivity contribution in [3.8, 4) is 0 Å². The summed E-state index contributed by atoms with van der Waals surface area (Å²) in [5.74, 6) is 1.06. The molecule has 654 valence electrons. The molecule has 26 rings (SSSR count). The number of aromatic amines is 2. The molecule has 0 bridgehead atoms. The lowest BCUT2D eigenvalue weighted by molar-refractivity contribution is 0.0904. The Morgan fingerprint density at radius 2 is 0.925 bits per heavy atom. The molecule has 6 aliphatic rings. The SMILES string of the molecule is CSc1ccc(C2=Nc3c(c4ccccc4c4ccccc34)C2)cc1.Cc1ccc2c3c(c4ccc(C)cc4c2c1)N=C(c1c(C)[nH]c2ccc(Br)cc12)C3.O=C1NC2CSC(CCCCC(=O)n3cc(C4=Nc5c(c6ccccc6c6ccccc56)C4)c4cc(Br)ccc43)C2N1.S=C(Nc1ccccc1)Nc1ccc2c(c1)c1c(c3ccccc32)N=C(c2c[nH]c3ccc(Br)cc23)C1. The van der Waals surface area contributed by atoms with Crippen LogP contribution in [0.4, 0.5) is 38.9 Å². The second-order valence-corrected chi connectivity index (χ2v) is 40.9. The van der Waals surface area contributed by atoms with Gasteiger partial charge >= 0.3 is 6.03 Å². The van der Waals surface area contributed by atoms with Crippen LogP contribution in [0.5, 0.6) is 0 Å². The third-order valence-corrected chi connectivity index (χ3v) is 31.2. The summed E-state index contributed by atoms with van der Waals surface area (Å²) in [4.78, 5) is 54.3. The second-order valence-electron chi connectivity index (χ2n) is 35.6. The first-order chi connectivity index (χ1) is 65.5. The molecule has 3 aromatic heterocycles. The molecule has 3 unspecified atom stereocenters. The molecular formula is C115H88Br3N11O2S3. The van der Waals surface area contributed by atoms with E-state index in [2.05, 4.69) is 355 Å². The molecule has 3 atom stereocenters. The topological polar surface area (TPSA) is 168 Å². The third-order valence-electron chi connectivity index (χ3n) is 27.3. The van der Waals surface area contributed by atoms with Gasteiger partial charge in [-0.1, -0.05) is 259 Å². The van der Waals surface area contributed by atoms with E-state index in [-0.39, 0.29) is 24.0 Å². The van der Waals surface area contributed by atoms with Gasteiger partial charge in [-0.2, -0.15) is 11.8 Å². The molecule has 6 aliphatic heterocycles. The van der Waals surface area contributed by atoms with Crippen molar-refractivity contribution in [1.82, 2.24) is 25.2 Å². The number of nitrogens with zero attached hydrogens (tertiary/aromatic N) is 5. The molecule has 0 saturated carbocycles. The zero-order valence-corrected chi connectivity index (χ0v) is 81.0. The minimum atomic E-state index is -0.0521. The van der Waals surface area contributed by atoms with Crippen LogP contribution in [-0.4, -0.2) is 83.8 Å². The number of para-hydroxylation sites is 1. The summed E-state index contributed by atoms with van der Waals surface area (Å²) < 4.78 is 4.96. The number of anilines is 2. The summed E-state index contributed by atoms with van der Waals surface area (Å²) in [6.07, 6.45) is 12.7. The van der Waals surface area contributed by atoms with Crippen LogP contribution in [0.2, 0.25) is 0 Å². The molecule has 17 aromatic carbocycles. The number of rotatable bonds is 12. The van der Waals surface area contributed by atoms with Gasteiger partial charge in [0.15, 0.2) is 5.11 Å². The molecule has 20 aromatic rings. The van der Waals surface area contributed by atoms with E-state index in [0.717, 1.165) is 148 Å². The molecule has 0 spiro atoms. The monoisotopic (exact) mass is 1990 g/mol. The van der Waals surface area contributed by atoms with Crippen molar-refractivity contribution in [2.75, 3.05) is 22.6 Å². The molecule has 2 amide bonds. The van der Waals surface area contributed by atoms with E-state index in [1.807, 2.05) is 65.0 Å². The maximum absolute atomic E-state index is 13.6. The number of thioether (sulfide) groups is 2. The average molecular weight is 1990 g/mol. The van der Waals surface area contributed by atoms with Crippen molar-refractivity contribution < 1.29 is 9.59 Å². The number of amides is 2. The zero-order valence-electron chi connectivity index (χ0n) is 73.8. The van der Waals surface area contributed by atoms with E-state index in [1.54, 1.807) is 11.8 Å². The van der Waals surface area contributed by atoms with Crippen LogP contribution < -0.4 is 21.3 Å². The van der Waals surface area contributed by atoms with Crippen LogP contribution in [0, 0.1) is 20.8 Å². The summed E-state index contributed by atoms with van der Waals surface area (Å²) in [5.41, 5.74) is 27.5. The summed E-state index contributed by atoms with van der Waals surface area (Å²) in [7, 11) is 0. The number of nitrogens with one attached hydrogen (secondary N) is 6. The lowest BCUT2D eigenvalue weighted by Gasteiger charge is -2.16. The Labute approximate surface area is 813 Å². The molecule has 134 heavy (non-hydrogen) atoms. The van der Waals surface area contributed by atoms with E-state index in [0.29, 0.717) is 16.8 Å². The molecule has 0 aliphatic carbocycles. The number of aliphatic imine (C=N–C) groups is 4. The lowest BCUT2D eigenvalue weighted by atomic mass is 9.91. The number of benzene rings is 17. The second kappa shape index (κ2) is 35.4. The van der Waals surface area contributed by atoms with E-state index < -0.39 is 0 Å². The van der Waals surface area contributed by atoms with Crippen molar-refractivity contribution in [2.24, 2.45) is 20.0 Å². The van der Waals surface area contributed by atoms with E-state index in [4.69, 9.17) is 32.2 Å². The summed E-state index contributed by atoms with van der Waals surface area (Å²) in [6.45, 7) is 6.48. The molecule has 13 nitrogen and oxygen atoms in total. The van der Waals surface area contributed by atoms with Gasteiger partial charge in [-0.3, -0.25) is 29.3 Å². The third kappa shape index (κ3) is 15.7. The minimum Gasteiger partial charge on any atom is -0.360 e. The number of urea groups is 1. The van der Waals surface area contributed by atoms with Gasteiger partial charge < -0.3 is 31.2 Å². The fraction of sp³-hybridized carbons (Fsp3) is 0.139. The number of aromatic nitrogens is 3. The number of H-pyrrole nitrogens is 2. The smallest absolute Gasteiger partial charge is 0.315 e. The number of hydrogen-bond donors (Lipinski definition) is 6. The maximum Gasteiger partial charge on any atom is 0.315 e. The van der Waals surface area contributed by atoms with E-state index >= 15 is 0 Å². The Balaban J connectivity index is 0.000000103. The molecular weight excluding hydrogens is 1900 g/mol. The normalized spacial score (nSPS) is 15.5. The number of carbonyl (C=O) groups is 2. The Kier molecular flexibility index (Phi) is 22.5. The van der Waals surface area contributed by atoms with Gasteiger partial charge in [0.25, 0.3) is 0 Å². The van der Waals surface area contributed by atoms with Gasteiger partial charge in [-0.25, -0.2) is 4.79 Å². The number of halogens is 3. The Hall–Kier alpha value is -13.1. The van der Waals surface area contributed by atoms with E-state index in [1.165, 1.54) is 158 Å². The van der Waals surface area contributed by atoms with Crippen molar-refractivity contribution in [3.63, 3.8) is 0 Å². The van der Waals surface area contributed by atoms with Gasteiger partial charge in [-0.05, 0) is 236 Å². The van der Waals surface area contributed by atoms with Gasteiger partial charge in [0, 0.05) is 156 Å². The average Bonchev–Trinajstić information content (AvgIpc) is 1.58. The summed E-state index contributed by atoms with van der Waals surface area (Å²) in [6, 6.07) is 101. The number of fused-ring (bicyclic) bond motifs is 28. The summed E-state index contributed by atoms with van der Waals surface area (Å²) >= 11 is 20.2. The molecule has 0 radical (unpaired) electrons. The fourth-order valence-corrected chi connectivity index (χ4v) is 24.3. The quantitative estimate of drug-likeness (QED) is 0.0233. The highest BCUT2D eigenvalue weighted by Crippen LogP contribution is 2.50. The Morgan fingerprint density at radius 1 is 0.448 bits per heavy atom. The van der Waals surface area contributed by atoms with Crippen LogP contribution >= 0.6 is 83.5 Å². The molecule has 2 saturated heterocycles. The molecule has 2 fully saturated rings. The molecule has 6 N–H and O–H groups in total. The molecule has 9 heterocycles. The number of unbranched alkanes of at least 4 members (excludes halogenated alkanes) is 1. The van der Waals surface area contributed by atoms with Gasteiger partial charge in [0.1, 0.15) is 0 Å². The minimum absolute atomic E-state index is 0.0521. The summed E-state index contributed by atoms with van der Waals surface area (Å²) in [5, 5.41) is 37.2.